The van der Waals surface area contributed by atoms with Crippen LogP contribution in [0.4, 0.5) is 23.2 Å². The molecule has 8 nitrogen and oxygen atoms in total. The van der Waals surface area contributed by atoms with Gasteiger partial charge in [-0.25, -0.2) is 4.39 Å². The summed E-state index contributed by atoms with van der Waals surface area (Å²) in [6.45, 7) is 2.89. The fraction of sp³-hybridized carbons (Fsp3) is 0.345. The lowest BCUT2D eigenvalue weighted by molar-refractivity contribution is -0.181. The maximum Gasteiger partial charge on any atom is 0.395 e. The van der Waals surface area contributed by atoms with Crippen molar-refractivity contribution >= 4 is 29.1 Å². The maximum absolute atomic E-state index is 14.3. The van der Waals surface area contributed by atoms with Crippen LogP contribution in [-0.2, 0) is 16.0 Å². The number of hydrogen-bond acceptors (Lipinski definition) is 5. The highest BCUT2D eigenvalue weighted by atomic mass is 35.5. The van der Waals surface area contributed by atoms with Gasteiger partial charge in [-0.3, -0.25) is 19.0 Å². The topological polar surface area (TPSA) is 113 Å². The van der Waals surface area contributed by atoms with E-state index >= 15 is 0 Å². The van der Waals surface area contributed by atoms with Crippen molar-refractivity contribution in [3.8, 4) is 16.9 Å². The van der Waals surface area contributed by atoms with E-state index in [2.05, 4.69) is 5.32 Å². The molecular weight excluding hydrogens is 582 g/mol. The molecule has 13 heteroatoms. The van der Waals surface area contributed by atoms with Gasteiger partial charge in [-0.15, -0.1) is 0 Å². The first-order valence-electron chi connectivity index (χ1n) is 13.0. The number of aromatic nitrogens is 1. The number of carbonyl (C=O) groups is 2. The van der Waals surface area contributed by atoms with Crippen molar-refractivity contribution in [3.05, 3.63) is 81.0 Å². The van der Waals surface area contributed by atoms with Crippen LogP contribution in [0.15, 0.2) is 53.5 Å². The molecule has 224 valence electrons. The molecule has 0 fully saturated rings. The van der Waals surface area contributed by atoms with Gasteiger partial charge in [0.05, 0.1) is 23.8 Å². The summed E-state index contributed by atoms with van der Waals surface area (Å²) in [6.07, 6.45) is -3.95. The summed E-state index contributed by atoms with van der Waals surface area (Å²) in [5, 5.41) is 2.77. The summed E-state index contributed by atoms with van der Waals surface area (Å²) in [5.41, 5.74) is 4.99. The third-order valence-electron chi connectivity index (χ3n) is 6.76. The smallest absolute Gasteiger partial charge is 0.395 e. The van der Waals surface area contributed by atoms with E-state index in [4.69, 9.17) is 26.8 Å². The fourth-order valence-electron chi connectivity index (χ4n) is 4.63. The second-order valence-electron chi connectivity index (χ2n) is 10.1. The van der Waals surface area contributed by atoms with Gasteiger partial charge < -0.3 is 20.5 Å². The molecule has 2 amide bonds. The average Bonchev–Trinajstić information content (AvgIpc) is 2.88. The van der Waals surface area contributed by atoms with Crippen molar-refractivity contribution in [2.75, 3.05) is 18.5 Å². The first-order valence-corrected chi connectivity index (χ1v) is 13.4. The summed E-state index contributed by atoms with van der Waals surface area (Å²) in [7, 11) is 0. The number of benzene rings is 2. The van der Waals surface area contributed by atoms with Gasteiger partial charge in [0.25, 0.3) is 11.5 Å². The van der Waals surface area contributed by atoms with Crippen LogP contribution in [0.1, 0.15) is 42.2 Å². The Morgan fingerprint density at radius 1 is 1.17 bits per heavy atom. The third kappa shape index (κ3) is 7.11. The molecule has 1 aliphatic rings. The Morgan fingerprint density at radius 2 is 1.90 bits per heavy atom. The summed E-state index contributed by atoms with van der Waals surface area (Å²) < 4.78 is 68.0. The Hall–Kier alpha value is -3.90. The summed E-state index contributed by atoms with van der Waals surface area (Å²) >= 11 is 6.16. The van der Waals surface area contributed by atoms with Crippen LogP contribution in [0.3, 0.4) is 0 Å². The molecule has 42 heavy (non-hydrogen) atoms. The number of hydrogen-bond donors (Lipinski definition) is 2. The first-order chi connectivity index (χ1) is 19.7. The zero-order chi connectivity index (χ0) is 30.8. The van der Waals surface area contributed by atoms with E-state index in [1.165, 1.54) is 36.5 Å². The van der Waals surface area contributed by atoms with Crippen LogP contribution < -0.4 is 21.3 Å². The van der Waals surface area contributed by atoms with Crippen LogP contribution in [-0.4, -0.2) is 41.9 Å². The molecule has 2 heterocycles. The number of anilines is 1. The molecular formula is C29H28ClF4N3O5. The monoisotopic (exact) mass is 609 g/mol. The molecule has 3 aromatic rings. The van der Waals surface area contributed by atoms with Crippen molar-refractivity contribution in [1.29, 1.82) is 0 Å². The number of nitrogens with two attached hydrogens (primary N) is 1. The molecule has 4 rings (SSSR count). The number of carbonyl (C=O) groups excluding carboxylic acids is 2. The normalized spacial score (nSPS) is 15.6. The Labute approximate surface area is 243 Å². The van der Waals surface area contributed by atoms with Gasteiger partial charge in [0.15, 0.2) is 0 Å². The molecule has 2 atom stereocenters. The summed E-state index contributed by atoms with van der Waals surface area (Å²) in [6, 6.07) is 7.67. The van der Waals surface area contributed by atoms with Gasteiger partial charge in [-0.2, -0.15) is 13.2 Å². The highest BCUT2D eigenvalue weighted by Crippen LogP contribution is 2.40. The van der Waals surface area contributed by atoms with Gasteiger partial charge in [-0.05, 0) is 61.7 Å². The van der Waals surface area contributed by atoms with Gasteiger partial charge in [-0.1, -0.05) is 17.7 Å². The molecule has 2 aromatic carbocycles. The zero-order valence-corrected chi connectivity index (χ0v) is 23.4. The molecule has 1 aliphatic heterocycles. The number of alkyl halides is 3. The molecule has 1 aromatic heterocycles. The van der Waals surface area contributed by atoms with Gasteiger partial charge in [0.1, 0.15) is 24.2 Å². The van der Waals surface area contributed by atoms with Crippen molar-refractivity contribution in [3.63, 3.8) is 0 Å². The highest BCUT2D eigenvalue weighted by Gasteiger charge is 2.41. The number of pyridine rings is 1. The second-order valence-corrected chi connectivity index (χ2v) is 10.6. The minimum atomic E-state index is -4.56. The minimum absolute atomic E-state index is 0.00980. The van der Waals surface area contributed by atoms with Crippen molar-refractivity contribution in [2.24, 2.45) is 11.7 Å². The van der Waals surface area contributed by atoms with Crippen LogP contribution in [0.25, 0.3) is 11.1 Å². The Balaban J connectivity index is 1.76. The number of primary amides is 1. The van der Waals surface area contributed by atoms with Gasteiger partial charge in [0.2, 0.25) is 5.91 Å². The quantitative estimate of drug-likeness (QED) is 0.327. The van der Waals surface area contributed by atoms with E-state index in [0.29, 0.717) is 11.1 Å². The molecule has 0 bridgehead atoms. The number of halogens is 5. The van der Waals surface area contributed by atoms with E-state index in [0.717, 1.165) is 16.7 Å². The van der Waals surface area contributed by atoms with Crippen LogP contribution in [0, 0.1) is 11.7 Å². The summed E-state index contributed by atoms with van der Waals surface area (Å²) in [4.78, 5) is 38.2. The second kappa shape index (κ2) is 12.5. The predicted octanol–water partition coefficient (Wildman–Crippen LogP) is 5.52. The van der Waals surface area contributed by atoms with E-state index in [-0.39, 0.29) is 53.1 Å². The van der Waals surface area contributed by atoms with Crippen LogP contribution >= 0.6 is 11.6 Å². The molecule has 0 radical (unpaired) electrons. The Bertz CT molecular complexity index is 1560. The fourth-order valence-corrected chi connectivity index (χ4v) is 4.80. The molecule has 0 saturated carbocycles. The number of ether oxygens (including phenoxy) is 2. The zero-order valence-electron chi connectivity index (χ0n) is 22.6. The first kappa shape index (κ1) is 31.0. The number of amides is 2. The third-order valence-corrected chi connectivity index (χ3v) is 6.99. The van der Waals surface area contributed by atoms with Crippen LogP contribution in [0.2, 0.25) is 5.02 Å². The van der Waals surface area contributed by atoms with E-state index in [9.17, 15) is 31.9 Å². The molecule has 0 spiro atoms. The predicted molar refractivity (Wildman–Crippen MR) is 148 cm³/mol. The Kier molecular flexibility index (Phi) is 9.27. The summed E-state index contributed by atoms with van der Waals surface area (Å²) in [5.74, 6) is -4.56. The molecule has 0 aliphatic carbocycles. The molecule has 3 N–H and O–H groups in total. The number of rotatable bonds is 8. The number of nitrogens with one attached hydrogen (secondary N) is 1. The number of fused-ring (bicyclic) bond motifs is 3. The SMILES string of the molecule is CC(C)OCC[C@@H](C(=O)Nc1ccc(C(N)=O)c(F)c1)n1cc2c(cc1=O)-c1cc(Cl)ccc1C[C@@H](C(F)(F)F)CO2. The minimum Gasteiger partial charge on any atom is -0.491 e. The van der Waals surface area contributed by atoms with Crippen molar-refractivity contribution < 1.29 is 36.6 Å². The van der Waals surface area contributed by atoms with E-state index < -0.39 is 47.9 Å². The highest BCUT2D eigenvalue weighted by molar-refractivity contribution is 6.30. The van der Waals surface area contributed by atoms with E-state index in [1.807, 2.05) is 0 Å². The lowest BCUT2D eigenvalue weighted by Crippen LogP contribution is -2.35. The number of nitrogens with zero attached hydrogens (tertiary/aromatic N) is 1. The maximum atomic E-state index is 14.3. The van der Waals surface area contributed by atoms with Crippen molar-refractivity contribution in [1.82, 2.24) is 4.57 Å². The largest absolute Gasteiger partial charge is 0.491 e. The molecule has 0 saturated heterocycles. The van der Waals surface area contributed by atoms with E-state index in [1.54, 1.807) is 13.8 Å². The lowest BCUT2D eigenvalue weighted by Gasteiger charge is -2.27. The van der Waals surface area contributed by atoms with Crippen LogP contribution in [0.5, 0.6) is 5.75 Å². The average molecular weight is 610 g/mol. The lowest BCUT2D eigenvalue weighted by atomic mass is 9.91. The van der Waals surface area contributed by atoms with Crippen molar-refractivity contribution in [2.45, 2.75) is 45.0 Å². The molecule has 0 unspecified atom stereocenters. The Morgan fingerprint density at radius 3 is 2.55 bits per heavy atom. The van der Waals surface area contributed by atoms with Gasteiger partial charge in [0, 0.05) is 35.4 Å². The standard InChI is InChI=1S/C29H28ClF4N3O5/c1-15(2)41-8-7-24(28(40)36-19-5-6-20(27(35)39)23(31)11-19)37-13-25-22(12-26(37)38)21-10-18(30)4-3-16(21)9-17(14-42-25)29(32,33)34/h3-6,10-13,15,17,24H,7-9,14H2,1-2H3,(H2,35,39)(H,36,40)/t17-,24+/m1/s1. The van der Waals surface area contributed by atoms with Gasteiger partial charge >= 0.3 is 6.18 Å².